The first-order valence-electron chi connectivity index (χ1n) is 10.2. The van der Waals surface area contributed by atoms with E-state index in [1.165, 1.54) is 11.1 Å². The van der Waals surface area contributed by atoms with Crippen molar-refractivity contribution < 1.29 is 0 Å². The molecular weight excluding hydrogens is 415 g/mol. The zero-order valence-electron chi connectivity index (χ0n) is 16.8. The molecule has 2 aromatic carbocycles. The molecule has 30 heavy (non-hydrogen) atoms. The second-order valence-corrected chi connectivity index (χ2v) is 8.24. The van der Waals surface area contributed by atoms with Crippen molar-refractivity contribution in [2.24, 2.45) is 5.92 Å². The topological polar surface area (TPSA) is 64.5 Å². The lowest BCUT2D eigenvalue weighted by molar-refractivity contribution is 0.309. The van der Waals surface area contributed by atoms with E-state index in [0.29, 0.717) is 17.4 Å². The normalized spacial score (nSPS) is 15.2. The Kier molecular flexibility index (Phi) is 7.93. The van der Waals surface area contributed by atoms with Crippen LogP contribution in [0, 0.1) is 17.2 Å². The number of piperidine rings is 1. The van der Waals surface area contributed by atoms with Crippen molar-refractivity contribution in [2.45, 2.75) is 31.6 Å². The minimum absolute atomic E-state index is 0. The van der Waals surface area contributed by atoms with Crippen LogP contribution in [0.3, 0.4) is 0 Å². The second-order valence-electron chi connectivity index (χ2n) is 7.81. The highest BCUT2D eigenvalue weighted by Crippen LogP contribution is 2.33. The number of hydrogen-bond donors (Lipinski definition) is 2. The van der Waals surface area contributed by atoms with Crippen LogP contribution in [0.15, 0.2) is 54.7 Å². The van der Waals surface area contributed by atoms with Crippen LogP contribution in [0.4, 0.5) is 0 Å². The Balaban J connectivity index is 0.00000256. The largest absolute Gasteiger partial charge is 0.345 e. The Labute approximate surface area is 189 Å². The molecule has 156 valence electrons. The molecule has 0 aliphatic carbocycles. The summed E-state index contributed by atoms with van der Waals surface area (Å²) in [5.74, 6) is 2.02. The molecule has 2 heterocycles. The maximum atomic E-state index is 8.97. The van der Waals surface area contributed by atoms with Crippen molar-refractivity contribution in [2.75, 3.05) is 13.1 Å². The molecular formula is C24H26Cl2N4. The number of hydrogen-bond acceptors (Lipinski definition) is 3. The summed E-state index contributed by atoms with van der Waals surface area (Å²) >= 11 is 6.22. The summed E-state index contributed by atoms with van der Waals surface area (Å²) in [6.07, 6.45) is 6.01. The summed E-state index contributed by atoms with van der Waals surface area (Å²) in [4.78, 5) is 8.37. The van der Waals surface area contributed by atoms with Crippen LogP contribution >= 0.6 is 24.0 Å². The molecule has 0 amide bonds. The first-order valence-corrected chi connectivity index (χ1v) is 10.6. The summed E-state index contributed by atoms with van der Waals surface area (Å²) < 4.78 is 0. The molecule has 1 aromatic heterocycles. The molecule has 6 heteroatoms. The first kappa shape index (κ1) is 22.4. The molecule has 0 radical (unpaired) electrons. The number of nitrogens with one attached hydrogen (secondary N) is 2. The van der Waals surface area contributed by atoms with Crippen molar-refractivity contribution in [3.05, 3.63) is 88.0 Å². The van der Waals surface area contributed by atoms with Crippen LogP contribution < -0.4 is 5.32 Å². The highest BCUT2D eigenvalue weighted by atomic mass is 35.5. The van der Waals surface area contributed by atoms with E-state index in [4.69, 9.17) is 21.8 Å². The molecule has 2 N–H and O–H groups in total. The fourth-order valence-electron chi connectivity index (χ4n) is 4.22. The summed E-state index contributed by atoms with van der Waals surface area (Å²) in [5.41, 5.74) is 4.22. The van der Waals surface area contributed by atoms with Crippen LogP contribution in [0.25, 0.3) is 0 Å². The van der Waals surface area contributed by atoms with Gasteiger partial charge in [-0.25, -0.2) is 4.98 Å². The third-order valence-corrected chi connectivity index (χ3v) is 6.01. The molecule has 4 rings (SSSR count). The number of benzene rings is 2. The van der Waals surface area contributed by atoms with Crippen molar-refractivity contribution >= 4 is 24.0 Å². The van der Waals surface area contributed by atoms with Gasteiger partial charge in [0.05, 0.1) is 11.6 Å². The first-order chi connectivity index (χ1) is 14.2. The van der Waals surface area contributed by atoms with Crippen LogP contribution in [0.1, 0.15) is 47.0 Å². The fraction of sp³-hybridized carbons (Fsp3) is 0.333. The zero-order chi connectivity index (χ0) is 20.1. The van der Waals surface area contributed by atoms with Gasteiger partial charge in [-0.2, -0.15) is 5.26 Å². The van der Waals surface area contributed by atoms with Gasteiger partial charge < -0.3 is 10.3 Å². The minimum Gasteiger partial charge on any atom is -0.345 e. The van der Waals surface area contributed by atoms with Crippen molar-refractivity contribution in [3.8, 4) is 6.07 Å². The van der Waals surface area contributed by atoms with Gasteiger partial charge in [0.1, 0.15) is 5.82 Å². The monoisotopic (exact) mass is 440 g/mol. The predicted molar refractivity (Wildman–Crippen MR) is 123 cm³/mol. The van der Waals surface area contributed by atoms with E-state index in [9.17, 15) is 0 Å². The van der Waals surface area contributed by atoms with Gasteiger partial charge in [-0.15, -0.1) is 12.4 Å². The number of aromatic nitrogens is 2. The molecule has 4 nitrogen and oxygen atoms in total. The lowest BCUT2D eigenvalue weighted by Crippen LogP contribution is -2.32. The number of nitriles is 1. The predicted octanol–water partition coefficient (Wildman–Crippen LogP) is 5.27. The second kappa shape index (κ2) is 10.6. The molecule has 1 saturated heterocycles. The average Bonchev–Trinajstić information content (AvgIpc) is 3.21. The summed E-state index contributed by atoms with van der Waals surface area (Å²) in [6.45, 7) is 2.13. The van der Waals surface area contributed by atoms with Gasteiger partial charge in [0, 0.05) is 29.3 Å². The van der Waals surface area contributed by atoms with Crippen LogP contribution in [0.2, 0.25) is 5.02 Å². The number of nitrogens with zero attached hydrogens (tertiary/aromatic N) is 2. The average molecular weight is 441 g/mol. The van der Waals surface area contributed by atoms with Gasteiger partial charge in [-0.1, -0.05) is 35.9 Å². The van der Waals surface area contributed by atoms with E-state index in [1.54, 1.807) is 0 Å². The Bertz CT molecular complexity index is 985. The van der Waals surface area contributed by atoms with Crippen molar-refractivity contribution in [1.82, 2.24) is 15.3 Å². The van der Waals surface area contributed by atoms with Crippen LogP contribution in [-0.2, 0) is 12.8 Å². The fourth-order valence-corrected chi connectivity index (χ4v) is 4.44. The number of H-pyrrole nitrogens is 1. The van der Waals surface area contributed by atoms with E-state index in [-0.39, 0.29) is 12.4 Å². The lowest BCUT2D eigenvalue weighted by Gasteiger charge is -2.29. The number of aromatic amines is 1. The van der Waals surface area contributed by atoms with E-state index >= 15 is 0 Å². The molecule has 0 saturated carbocycles. The molecule has 1 aliphatic heterocycles. The summed E-state index contributed by atoms with van der Waals surface area (Å²) in [5, 5.41) is 13.2. The molecule has 0 spiro atoms. The van der Waals surface area contributed by atoms with E-state index in [0.717, 1.165) is 55.3 Å². The Morgan fingerprint density at radius 3 is 2.57 bits per heavy atom. The zero-order valence-corrected chi connectivity index (χ0v) is 18.3. The number of rotatable bonds is 6. The van der Waals surface area contributed by atoms with E-state index in [2.05, 4.69) is 28.5 Å². The Morgan fingerprint density at radius 1 is 1.10 bits per heavy atom. The van der Waals surface area contributed by atoms with Gasteiger partial charge in [0.25, 0.3) is 0 Å². The lowest BCUT2D eigenvalue weighted by atomic mass is 9.80. The SMILES string of the molecule is Cl.N#Cc1ccc(Cc2cnc(C(Cc3cccc(Cl)c3)C3CCNCC3)[nH]2)cc1. The minimum atomic E-state index is 0. The molecule has 1 aliphatic rings. The van der Waals surface area contributed by atoms with E-state index in [1.807, 2.05) is 42.6 Å². The van der Waals surface area contributed by atoms with Crippen molar-refractivity contribution in [1.29, 1.82) is 5.26 Å². The molecule has 1 fully saturated rings. The highest BCUT2D eigenvalue weighted by molar-refractivity contribution is 6.30. The summed E-state index contributed by atoms with van der Waals surface area (Å²) in [6, 6.07) is 18.1. The van der Waals surface area contributed by atoms with Crippen molar-refractivity contribution in [3.63, 3.8) is 0 Å². The van der Waals surface area contributed by atoms with Gasteiger partial charge in [0.2, 0.25) is 0 Å². The van der Waals surface area contributed by atoms with Gasteiger partial charge in [-0.05, 0) is 73.7 Å². The van der Waals surface area contributed by atoms with E-state index < -0.39 is 0 Å². The van der Waals surface area contributed by atoms with Gasteiger partial charge >= 0.3 is 0 Å². The third kappa shape index (κ3) is 5.64. The maximum absolute atomic E-state index is 8.97. The van der Waals surface area contributed by atoms with Gasteiger partial charge in [-0.3, -0.25) is 0 Å². The number of imidazole rings is 1. The number of halogens is 2. The summed E-state index contributed by atoms with van der Waals surface area (Å²) in [7, 11) is 0. The molecule has 0 bridgehead atoms. The van der Waals surface area contributed by atoms with Crippen LogP contribution in [0.5, 0.6) is 0 Å². The van der Waals surface area contributed by atoms with Gasteiger partial charge in [0.15, 0.2) is 0 Å². The Morgan fingerprint density at radius 2 is 1.87 bits per heavy atom. The standard InChI is InChI=1S/C24H25ClN4.ClH/c25-21-3-1-2-19(12-21)14-23(20-8-10-27-11-9-20)24-28-16-22(29-24)13-17-4-6-18(15-26)7-5-17;/h1-7,12,16,20,23,27H,8-11,13-14H2,(H,28,29);1H. The third-order valence-electron chi connectivity index (χ3n) is 5.77. The Hall–Kier alpha value is -2.32. The smallest absolute Gasteiger partial charge is 0.109 e. The molecule has 1 unspecified atom stereocenters. The quantitative estimate of drug-likeness (QED) is 0.548. The highest BCUT2D eigenvalue weighted by Gasteiger charge is 2.27. The maximum Gasteiger partial charge on any atom is 0.109 e. The molecule has 3 aromatic rings. The van der Waals surface area contributed by atoms with Crippen LogP contribution in [-0.4, -0.2) is 23.1 Å². The molecule has 1 atom stereocenters.